The third kappa shape index (κ3) is 2.17. The SMILES string of the molecule is CCn1c(C(=O)N2CC(N3CCNC3=O)C2)cc2ccccc21. The van der Waals surface area contributed by atoms with Crippen LogP contribution in [-0.2, 0) is 6.54 Å². The molecule has 2 saturated heterocycles. The maximum Gasteiger partial charge on any atom is 0.317 e. The van der Waals surface area contributed by atoms with Gasteiger partial charge in [0, 0.05) is 43.6 Å². The molecule has 2 aromatic rings. The molecule has 2 aliphatic rings. The van der Waals surface area contributed by atoms with Crippen molar-refractivity contribution in [1.29, 1.82) is 0 Å². The van der Waals surface area contributed by atoms with E-state index in [0.29, 0.717) is 19.6 Å². The number of likely N-dealkylation sites (tertiary alicyclic amines) is 1. The largest absolute Gasteiger partial charge is 0.337 e. The molecule has 3 heterocycles. The number of rotatable bonds is 3. The Labute approximate surface area is 134 Å². The van der Waals surface area contributed by atoms with Gasteiger partial charge in [-0.2, -0.15) is 0 Å². The summed E-state index contributed by atoms with van der Waals surface area (Å²) >= 11 is 0. The summed E-state index contributed by atoms with van der Waals surface area (Å²) in [5, 5.41) is 3.90. The van der Waals surface area contributed by atoms with Crippen LogP contribution < -0.4 is 5.32 Å². The molecule has 0 bridgehead atoms. The topological polar surface area (TPSA) is 57.6 Å². The van der Waals surface area contributed by atoms with Gasteiger partial charge in [0.15, 0.2) is 0 Å². The first-order chi connectivity index (χ1) is 11.2. The van der Waals surface area contributed by atoms with Crippen molar-refractivity contribution in [3.8, 4) is 0 Å². The smallest absolute Gasteiger partial charge is 0.317 e. The van der Waals surface area contributed by atoms with Crippen molar-refractivity contribution in [1.82, 2.24) is 19.7 Å². The second-order valence-electron chi connectivity index (χ2n) is 6.12. The third-order valence-electron chi connectivity index (χ3n) is 4.83. The Bertz CT molecular complexity index is 776. The zero-order chi connectivity index (χ0) is 16.0. The van der Waals surface area contributed by atoms with E-state index < -0.39 is 0 Å². The van der Waals surface area contributed by atoms with Crippen molar-refractivity contribution >= 4 is 22.8 Å². The number of aryl methyl sites for hydroxylation is 1. The number of para-hydroxylation sites is 1. The number of urea groups is 1. The molecule has 0 radical (unpaired) electrons. The average Bonchev–Trinajstić information content (AvgIpc) is 3.09. The summed E-state index contributed by atoms with van der Waals surface area (Å²) < 4.78 is 2.06. The Balaban J connectivity index is 1.53. The molecule has 0 saturated carbocycles. The molecule has 1 aromatic heterocycles. The van der Waals surface area contributed by atoms with E-state index in [1.807, 2.05) is 40.1 Å². The van der Waals surface area contributed by atoms with Crippen molar-refractivity contribution in [2.75, 3.05) is 26.2 Å². The molecule has 23 heavy (non-hydrogen) atoms. The zero-order valence-corrected chi connectivity index (χ0v) is 13.2. The molecule has 120 valence electrons. The summed E-state index contributed by atoms with van der Waals surface area (Å²) in [6, 6.07) is 10.2. The van der Waals surface area contributed by atoms with Crippen molar-refractivity contribution in [3.05, 3.63) is 36.0 Å². The minimum Gasteiger partial charge on any atom is -0.337 e. The Morgan fingerprint density at radius 2 is 2.09 bits per heavy atom. The monoisotopic (exact) mass is 312 g/mol. The second-order valence-corrected chi connectivity index (χ2v) is 6.12. The number of hydrogen-bond donors (Lipinski definition) is 1. The Hall–Kier alpha value is -2.50. The number of nitrogens with one attached hydrogen (secondary N) is 1. The van der Waals surface area contributed by atoms with Crippen LogP contribution in [0, 0.1) is 0 Å². The quantitative estimate of drug-likeness (QED) is 0.934. The lowest BCUT2D eigenvalue weighted by Crippen LogP contribution is -2.61. The van der Waals surface area contributed by atoms with Crippen molar-refractivity contribution < 1.29 is 9.59 Å². The molecule has 2 aliphatic heterocycles. The summed E-state index contributed by atoms with van der Waals surface area (Å²) in [7, 11) is 0. The molecule has 0 aliphatic carbocycles. The van der Waals surface area contributed by atoms with E-state index in [1.54, 1.807) is 0 Å². The molecule has 4 rings (SSSR count). The first-order valence-electron chi connectivity index (χ1n) is 8.11. The van der Waals surface area contributed by atoms with Crippen LogP contribution >= 0.6 is 0 Å². The van der Waals surface area contributed by atoms with Gasteiger partial charge >= 0.3 is 6.03 Å². The number of nitrogens with zero attached hydrogens (tertiary/aromatic N) is 3. The zero-order valence-electron chi connectivity index (χ0n) is 13.2. The van der Waals surface area contributed by atoms with E-state index in [-0.39, 0.29) is 18.0 Å². The molecule has 1 N–H and O–H groups in total. The first-order valence-corrected chi connectivity index (χ1v) is 8.11. The van der Waals surface area contributed by atoms with Gasteiger partial charge in [-0.3, -0.25) is 4.79 Å². The van der Waals surface area contributed by atoms with E-state index in [1.165, 1.54) is 0 Å². The highest BCUT2D eigenvalue weighted by atomic mass is 16.2. The third-order valence-corrected chi connectivity index (χ3v) is 4.83. The van der Waals surface area contributed by atoms with Crippen molar-refractivity contribution in [3.63, 3.8) is 0 Å². The highest BCUT2D eigenvalue weighted by Gasteiger charge is 2.39. The maximum atomic E-state index is 12.8. The van der Waals surface area contributed by atoms with E-state index in [2.05, 4.69) is 16.8 Å². The molecule has 0 atom stereocenters. The van der Waals surface area contributed by atoms with Gasteiger partial charge < -0.3 is 19.7 Å². The van der Waals surface area contributed by atoms with Crippen LogP contribution in [0.2, 0.25) is 0 Å². The fourth-order valence-electron chi connectivity index (χ4n) is 3.54. The van der Waals surface area contributed by atoms with Gasteiger partial charge in [-0.15, -0.1) is 0 Å². The fraction of sp³-hybridized carbons (Fsp3) is 0.412. The molecule has 3 amide bonds. The van der Waals surface area contributed by atoms with Crippen molar-refractivity contribution in [2.24, 2.45) is 0 Å². The Kier molecular flexibility index (Phi) is 3.25. The average molecular weight is 312 g/mol. The van der Waals surface area contributed by atoms with Crippen LogP contribution in [-0.4, -0.2) is 58.5 Å². The van der Waals surface area contributed by atoms with Gasteiger partial charge in [-0.25, -0.2) is 4.79 Å². The van der Waals surface area contributed by atoms with Gasteiger partial charge in [0.1, 0.15) is 5.69 Å². The summed E-state index contributed by atoms with van der Waals surface area (Å²) in [5.41, 5.74) is 1.83. The Morgan fingerprint density at radius 1 is 1.30 bits per heavy atom. The highest BCUT2D eigenvalue weighted by molar-refractivity contribution is 5.99. The number of carbonyl (C=O) groups excluding carboxylic acids is 2. The molecule has 6 heteroatoms. The van der Waals surface area contributed by atoms with Gasteiger partial charge in [0.2, 0.25) is 0 Å². The lowest BCUT2D eigenvalue weighted by Gasteiger charge is -2.43. The lowest BCUT2D eigenvalue weighted by atomic mass is 10.1. The molecule has 6 nitrogen and oxygen atoms in total. The van der Waals surface area contributed by atoms with Gasteiger partial charge in [0.25, 0.3) is 5.91 Å². The number of fused-ring (bicyclic) bond motifs is 1. The van der Waals surface area contributed by atoms with Crippen LogP contribution in [0.4, 0.5) is 4.79 Å². The van der Waals surface area contributed by atoms with E-state index in [0.717, 1.165) is 29.7 Å². The summed E-state index contributed by atoms with van der Waals surface area (Å²) in [5.74, 6) is 0.0545. The van der Waals surface area contributed by atoms with E-state index in [9.17, 15) is 9.59 Å². The molecular weight excluding hydrogens is 292 g/mol. The van der Waals surface area contributed by atoms with Gasteiger partial charge in [-0.1, -0.05) is 18.2 Å². The minimum atomic E-state index is -0.00947. The fourth-order valence-corrected chi connectivity index (χ4v) is 3.54. The lowest BCUT2D eigenvalue weighted by molar-refractivity contribution is 0.0397. The number of carbonyl (C=O) groups is 2. The predicted octanol–water partition coefficient (Wildman–Crippen LogP) is 1.51. The molecular formula is C17H20N4O2. The molecule has 1 aromatic carbocycles. The summed E-state index contributed by atoms with van der Waals surface area (Å²) in [6.45, 7) is 5.50. The van der Waals surface area contributed by atoms with E-state index >= 15 is 0 Å². The number of amides is 3. The highest BCUT2D eigenvalue weighted by Crippen LogP contribution is 2.24. The van der Waals surface area contributed by atoms with Crippen LogP contribution in [0.25, 0.3) is 10.9 Å². The second kappa shape index (κ2) is 5.30. The summed E-state index contributed by atoms with van der Waals surface area (Å²) in [6.07, 6.45) is 0. The number of aromatic nitrogens is 1. The first kappa shape index (κ1) is 14.1. The molecule has 0 spiro atoms. The predicted molar refractivity (Wildman–Crippen MR) is 87.4 cm³/mol. The normalized spacial score (nSPS) is 18.4. The van der Waals surface area contributed by atoms with Crippen LogP contribution in [0.5, 0.6) is 0 Å². The minimum absolute atomic E-state index is 0.00947. The Morgan fingerprint density at radius 3 is 2.78 bits per heavy atom. The summed E-state index contributed by atoms with van der Waals surface area (Å²) in [4.78, 5) is 28.1. The van der Waals surface area contributed by atoms with Gasteiger partial charge in [-0.05, 0) is 19.1 Å². The van der Waals surface area contributed by atoms with Gasteiger partial charge in [0.05, 0.1) is 6.04 Å². The van der Waals surface area contributed by atoms with Crippen LogP contribution in [0.3, 0.4) is 0 Å². The maximum absolute atomic E-state index is 12.8. The van der Waals surface area contributed by atoms with Crippen LogP contribution in [0.1, 0.15) is 17.4 Å². The molecule has 2 fully saturated rings. The number of benzene rings is 1. The van der Waals surface area contributed by atoms with Crippen molar-refractivity contribution in [2.45, 2.75) is 19.5 Å². The molecule has 0 unspecified atom stereocenters. The van der Waals surface area contributed by atoms with E-state index in [4.69, 9.17) is 0 Å². The standard InChI is InChI=1S/C17H20N4O2/c1-2-20-14-6-4-3-5-12(14)9-15(20)16(22)19-10-13(11-19)21-8-7-18-17(21)23/h3-6,9,13H,2,7-8,10-11H2,1H3,(H,18,23). The van der Waals surface area contributed by atoms with Crippen LogP contribution in [0.15, 0.2) is 30.3 Å². The number of hydrogen-bond acceptors (Lipinski definition) is 2.